The Balaban J connectivity index is 2.26. The fourth-order valence-electron chi connectivity index (χ4n) is 1.99. The molecule has 2 aromatic rings. The highest BCUT2D eigenvalue weighted by molar-refractivity contribution is 9.10. The summed E-state index contributed by atoms with van der Waals surface area (Å²) in [7, 11) is 0. The van der Waals surface area contributed by atoms with Gasteiger partial charge in [0, 0.05) is 5.56 Å². The minimum Gasteiger partial charge on any atom is -0.487 e. The van der Waals surface area contributed by atoms with Gasteiger partial charge in [-0.1, -0.05) is 18.2 Å². The van der Waals surface area contributed by atoms with Gasteiger partial charge < -0.3 is 4.74 Å². The fraction of sp³-hybridized carbons (Fsp3) is 0.118. The second-order valence-electron chi connectivity index (χ2n) is 4.52. The molecule has 0 amide bonds. The van der Waals surface area contributed by atoms with Crippen LogP contribution < -0.4 is 4.74 Å². The van der Waals surface area contributed by atoms with Crippen LogP contribution in [0.25, 0.3) is 0 Å². The summed E-state index contributed by atoms with van der Waals surface area (Å²) in [6.07, 6.45) is 3.11. The van der Waals surface area contributed by atoms with E-state index in [4.69, 9.17) is 4.74 Å². The average molecular weight is 349 g/mol. The molecule has 0 radical (unpaired) electrons. The number of carbonyl (C=O) groups is 1. The molecule has 0 fully saturated rings. The van der Waals surface area contributed by atoms with E-state index >= 15 is 0 Å². The van der Waals surface area contributed by atoms with Crippen molar-refractivity contribution in [2.45, 2.75) is 13.0 Å². The summed E-state index contributed by atoms with van der Waals surface area (Å²) in [6.45, 7) is 3.95. The maximum Gasteiger partial charge on any atom is 0.150 e. The Hall–Kier alpha value is -1.94. The smallest absolute Gasteiger partial charge is 0.150 e. The monoisotopic (exact) mass is 348 g/mol. The molecule has 2 aromatic carbocycles. The van der Waals surface area contributed by atoms with Gasteiger partial charge in [-0.2, -0.15) is 0 Å². The highest BCUT2D eigenvalue weighted by Crippen LogP contribution is 2.32. The van der Waals surface area contributed by atoms with Crippen LogP contribution in [0.15, 0.2) is 53.5 Å². The van der Waals surface area contributed by atoms with Gasteiger partial charge in [0.25, 0.3) is 0 Å². The van der Waals surface area contributed by atoms with Crippen LogP contribution in [-0.2, 0) is 13.0 Å². The molecular formula is C17H14BrFO2. The lowest BCUT2D eigenvalue weighted by Gasteiger charge is -2.13. The van der Waals surface area contributed by atoms with Crippen LogP contribution in [0.1, 0.15) is 21.5 Å². The molecular weight excluding hydrogens is 335 g/mol. The maximum atomic E-state index is 13.2. The highest BCUT2D eigenvalue weighted by Gasteiger charge is 2.10. The first-order chi connectivity index (χ1) is 10.1. The number of benzene rings is 2. The second-order valence-corrected chi connectivity index (χ2v) is 5.37. The van der Waals surface area contributed by atoms with Gasteiger partial charge in [-0.3, -0.25) is 4.79 Å². The minimum atomic E-state index is -0.294. The van der Waals surface area contributed by atoms with Crippen LogP contribution in [0.3, 0.4) is 0 Å². The van der Waals surface area contributed by atoms with Crippen molar-refractivity contribution in [3.8, 4) is 5.75 Å². The third-order valence-electron chi connectivity index (χ3n) is 2.92. The molecule has 21 heavy (non-hydrogen) atoms. The van der Waals surface area contributed by atoms with Gasteiger partial charge in [0.1, 0.15) is 24.5 Å². The number of ether oxygens (including phenoxy) is 1. The van der Waals surface area contributed by atoms with Gasteiger partial charge in [-0.05, 0) is 57.7 Å². The zero-order valence-electron chi connectivity index (χ0n) is 11.3. The SMILES string of the molecule is C=CCc1cc(C=O)cc(Br)c1OCc1cccc(F)c1. The number of carbonyl (C=O) groups excluding carboxylic acids is 1. The van der Waals surface area contributed by atoms with E-state index in [-0.39, 0.29) is 12.4 Å². The Morgan fingerprint density at radius 3 is 2.76 bits per heavy atom. The lowest BCUT2D eigenvalue weighted by atomic mass is 10.1. The van der Waals surface area contributed by atoms with Crippen molar-refractivity contribution in [3.05, 3.63) is 76.0 Å². The van der Waals surface area contributed by atoms with Crippen molar-refractivity contribution in [2.24, 2.45) is 0 Å². The molecule has 0 spiro atoms. The summed E-state index contributed by atoms with van der Waals surface area (Å²) >= 11 is 3.40. The molecule has 0 heterocycles. The van der Waals surface area contributed by atoms with E-state index < -0.39 is 0 Å². The normalized spacial score (nSPS) is 10.2. The Labute approximate surface area is 131 Å². The Kier molecular flexibility index (Phi) is 5.28. The zero-order chi connectivity index (χ0) is 15.2. The number of allylic oxidation sites excluding steroid dienone is 1. The summed E-state index contributed by atoms with van der Waals surface area (Å²) in [4.78, 5) is 10.9. The van der Waals surface area contributed by atoms with E-state index in [0.29, 0.717) is 22.2 Å². The van der Waals surface area contributed by atoms with Crippen LogP contribution in [0, 0.1) is 5.82 Å². The third-order valence-corrected chi connectivity index (χ3v) is 3.50. The first-order valence-electron chi connectivity index (χ1n) is 6.39. The molecule has 2 nitrogen and oxygen atoms in total. The Bertz CT molecular complexity index is 668. The van der Waals surface area contributed by atoms with Gasteiger partial charge in [0.2, 0.25) is 0 Å². The molecule has 0 aliphatic carbocycles. The van der Waals surface area contributed by atoms with Crippen LogP contribution in [-0.4, -0.2) is 6.29 Å². The molecule has 0 saturated carbocycles. The van der Waals surface area contributed by atoms with E-state index in [1.54, 1.807) is 30.3 Å². The van der Waals surface area contributed by atoms with Crippen LogP contribution in [0.5, 0.6) is 5.75 Å². The quantitative estimate of drug-likeness (QED) is 0.558. The number of hydrogen-bond donors (Lipinski definition) is 0. The van der Waals surface area contributed by atoms with Crippen molar-refractivity contribution >= 4 is 22.2 Å². The van der Waals surface area contributed by atoms with E-state index in [1.165, 1.54) is 12.1 Å². The van der Waals surface area contributed by atoms with Gasteiger partial charge >= 0.3 is 0 Å². The van der Waals surface area contributed by atoms with Crippen molar-refractivity contribution < 1.29 is 13.9 Å². The van der Waals surface area contributed by atoms with E-state index in [0.717, 1.165) is 17.4 Å². The van der Waals surface area contributed by atoms with Crippen LogP contribution in [0.2, 0.25) is 0 Å². The minimum absolute atomic E-state index is 0.251. The standard InChI is InChI=1S/C17H14BrFO2/c1-2-4-14-7-13(10-20)9-16(18)17(14)21-11-12-5-3-6-15(19)8-12/h2-3,5-10H,1,4,11H2. The summed E-state index contributed by atoms with van der Waals surface area (Å²) in [6, 6.07) is 9.72. The summed E-state index contributed by atoms with van der Waals surface area (Å²) < 4.78 is 19.6. The van der Waals surface area contributed by atoms with E-state index in [2.05, 4.69) is 22.5 Å². The summed E-state index contributed by atoms with van der Waals surface area (Å²) in [5, 5.41) is 0. The molecule has 108 valence electrons. The number of halogens is 2. The average Bonchev–Trinajstić information content (AvgIpc) is 2.46. The molecule has 4 heteroatoms. The van der Waals surface area contributed by atoms with Crippen molar-refractivity contribution in [1.82, 2.24) is 0 Å². The first kappa shape index (κ1) is 15.4. The van der Waals surface area contributed by atoms with Crippen molar-refractivity contribution in [3.63, 3.8) is 0 Å². The molecule has 0 unspecified atom stereocenters. The number of rotatable bonds is 6. The van der Waals surface area contributed by atoms with E-state index in [1.807, 2.05) is 0 Å². The maximum absolute atomic E-state index is 13.2. The predicted molar refractivity (Wildman–Crippen MR) is 84.2 cm³/mol. The first-order valence-corrected chi connectivity index (χ1v) is 7.19. The van der Waals surface area contributed by atoms with Gasteiger partial charge in [0.05, 0.1) is 4.47 Å². The van der Waals surface area contributed by atoms with E-state index in [9.17, 15) is 9.18 Å². The molecule has 0 aromatic heterocycles. The fourth-order valence-corrected chi connectivity index (χ4v) is 2.63. The zero-order valence-corrected chi connectivity index (χ0v) is 12.9. The predicted octanol–water partition coefficient (Wildman–Crippen LogP) is 4.71. The number of aldehydes is 1. The van der Waals surface area contributed by atoms with Crippen LogP contribution >= 0.6 is 15.9 Å². The molecule has 0 aliphatic rings. The second kappa shape index (κ2) is 7.18. The molecule has 2 rings (SSSR count). The van der Waals surface area contributed by atoms with Gasteiger partial charge in [-0.15, -0.1) is 6.58 Å². The Morgan fingerprint density at radius 2 is 2.10 bits per heavy atom. The van der Waals surface area contributed by atoms with Crippen LogP contribution in [0.4, 0.5) is 4.39 Å². The lowest BCUT2D eigenvalue weighted by molar-refractivity contribution is 0.112. The van der Waals surface area contributed by atoms with Gasteiger partial charge in [0.15, 0.2) is 0 Å². The Morgan fingerprint density at radius 1 is 1.29 bits per heavy atom. The summed E-state index contributed by atoms with van der Waals surface area (Å²) in [5.41, 5.74) is 2.17. The molecule has 0 aliphatic heterocycles. The molecule has 0 bridgehead atoms. The van der Waals surface area contributed by atoms with Gasteiger partial charge in [-0.25, -0.2) is 4.39 Å². The van der Waals surface area contributed by atoms with Crippen molar-refractivity contribution in [1.29, 1.82) is 0 Å². The molecule has 0 saturated heterocycles. The van der Waals surface area contributed by atoms with Crippen molar-refractivity contribution in [2.75, 3.05) is 0 Å². The topological polar surface area (TPSA) is 26.3 Å². The largest absolute Gasteiger partial charge is 0.487 e. The highest BCUT2D eigenvalue weighted by atomic mass is 79.9. The lowest BCUT2D eigenvalue weighted by Crippen LogP contribution is -2.01. The summed E-state index contributed by atoms with van der Waals surface area (Å²) in [5.74, 6) is 0.350. The third kappa shape index (κ3) is 4.02. The molecule has 0 N–H and O–H groups in total. The molecule has 0 atom stereocenters. The number of hydrogen-bond acceptors (Lipinski definition) is 2.